The molecule has 1 nitrogen and oxygen atoms in total. The molecule has 0 amide bonds. The number of aromatic hydroxyl groups is 1. The zero-order chi connectivity index (χ0) is 9.80. The third-order valence-electron chi connectivity index (χ3n) is 1.93. The Bertz CT molecular complexity index is 400. The highest BCUT2D eigenvalue weighted by atomic mass is 79.9. The summed E-state index contributed by atoms with van der Waals surface area (Å²) in [6.45, 7) is 0. The maximum absolute atomic E-state index is 9.13. The number of rotatable bonds is 2. The molecule has 0 saturated heterocycles. The van der Waals surface area contributed by atoms with Gasteiger partial charge in [0, 0.05) is 0 Å². The van der Waals surface area contributed by atoms with Gasteiger partial charge < -0.3 is 5.11 Å². The number of hydrogen-bond donors (Lipinski definition) is 1. The number of phenolic OH excluding ortho intramolecular Hbond substituents is 1. The van der Waals surface area contributed by atoms with E-state index in [1.165, 1.54) is 10.6 Å². The van der Waals surface area contributed by atoms with Crippen LogP contribution in [0.25, 0.3) is 0 Å². The van der Waals surface area contributed by atoms with Crippen molar-refractivity contribution in [1.82, 2.24) is 0 Å². The van der Waals surface area contributed by atoms with Gasteiger partial charge in [0.15, 0.2) is 0 Å². The summed E-state index contributed by atoms with van der Waals surface area (Å²) in [5, 5.41) is 11.7. The first-order valence-electron chi connectivity index (χ1n) is 4.46. The average Bonchev–Trinajstić information content (AvgIpc) is 2.23. The van der Waals surface area contributed by atoms with Crippen LogP contribution in [0.5, 0.6) is 5.75 Å². The zero-order valence-corrected chi connectivity index (χ0v) is 10.8. The average molecular weight is 283 g/mol. The molecular formula is C12H12BrOP. The van der Waals surface area contributed by atoms with E-state index in [2.05, 4.69) is 12.1 Å². The molecule has 0 radical (unpaired) electrons. The van der Waals surface area contributed by atoms with Crippen LogP contribution in [0, 0.1) is 0 Å². The molecule has 3 heteroatoms. The molecule has 0 fully saturated rings. The number of benzene rings is 2. The fourth-order valence-corrected chi connectivity index (χ4v) is 2.26. The Hall–Kier alpha value is -0.850. The molecule has 2 aromatic rings. The lowest BCUT2D eigenvalue weighted by Gasteiger charge is -2.01. The van der Waals surface area contributed by atoms with Crippen molar-refractivity contribution in [1.29, 1.82) is 0 Å². The van der Waals surface area contributed by atoms with Crippen molar-refractivity contribution in [3.05, 3.63) is 54.6 Å². The molecule has 1 unspecified atom stereocenters. The van der Waals surface area contributed by atoms with Gasteiger partial charge in [-0.3, -0.25) is 0 Å². The summed E-state index contributed by atoms with van der Waals surface area (Å²) < 4.78 is 0. The van der Waals surface area contributed by atoms with Gasteiger partial charge in [-0.1, -0.05) is 51.0 Å². The third kappa shape index (κ3) is 3.65. The van der Waals surface area contributed by atoms with Crippen molar-refractivity contribution in [2.45, 2.75) is 0 Å². The number of halogens is 1. The summed E-state index contributed by atoms with van der Waals surface area (Å²) in [5.41, 5.74) is 0. The lowest BCUT2D eigenvalue weighted by atomic mass is 10.3. The molecule has 0 aliphatic rings. The van der Waals surface area contributed by atoms with Gasteiger partial charge in [-0.05, 0) is 22.7 Å². The highest BCUT2D eigenvalue weighted by molar-refractivity contribution is 8.93. The van der Waals surface area contributed by atoms with Gasteiger partial charge in [-0.25, -0.2) is 0 Å². The van der Waals surface area contributed by atoms with Crippen molar-refractivity contribution >= 4 is 36.2 Å². The van der Waals surface area contributed by atoms with Gasteiger partial charge in [-0.2, -0.15) is 0 Å². The largest absolute Gasteiger partial charge is 0.508 e. The van der Waals surface area contributed by atoms with Crippen LogP contribution < -0.4 is 10.6 Å². The van der Waals surface area contributed by atoms with E-state index in [1.807, 2.05) is 30.3 Å². The second-order valence-corrected chi connectivity index (χ2v) is 4.44. The summed E-state index contributed by atoms with van der Waals surface area (Å²) in [7, 11) is 0.662. The number of phenols is 1. The molecule has 0 aliphatic heterocycles. The van der Waals surface area contributed by atoms with E-state index in [0.29, 0.717) is 14.3 Å². The maximum Gasteiger partial charge on any atom is 0.115 e. The van der Waals surface area contributed by atoms with Crippen LogP contribution in [0.15, 0.2) is 54.6 Å². The van der Waals surface area contributed by atoms with Gasteiger partial charge in [0.25, 0.3) is 0 Å². The van der Waals surface area contributed by atoms with Crippen LogP contribution in [0.2, 0.25) is 0 Å². The Labute approximate surface area is 102 Å². The predicted octanol–water partition coefficient (Wildman–Crippen LogP) is 2.60. The predicted molar refractivity (Wildman–Crippen MR) is 72.5 cm³/mol. The molecule has 78 valence electrons. The highest BCUT2D eigenvalue weighted by Gasteiger charge is 1.94. The zero-order valence-electron chi connectivity index (χ0n) is 8.05. The number of hydrogen-bond acceptors (Lipinski definition) is 1. The molecule has 2 aromatic carbocycles. The lowest BCUT2D eigenvalue weighted by molar-refractivity contribution is 0.475. The minimum absolute atomic E-state index is 0. The van der Waals surface area contributed by atoms with Gasteiger partial charge in [0.1, 0.15) is 5.75 Å². The van der Waals surface area contributed by atoms with Crippen LogP contribution >= 0.6 is 25.6 Å². The molecule has 0 heterocycles. The molecule has 2 rings (SSSR count). The lowest BCUT2D eigenvalue weighted by Crippen LogP contribution is -2.01. The van der Waals surface area contributed by atoms with E-state index < -0.39 is 0 Å². The maximum atomic E-state index is 9.13. The standard InChI is InChI=1S/C12H11OP.BrH/c13-10-6-8-12(9-7-10)14-11-4-2-1-3-5-11;/h1-9,13-14H;1H. The first kappa shape index (κ1) is 12.2. The molecule has 0 saturated carbocycles. The van der Waals surface area contributed by atoms with Crippen molar-refractivity contribution in [2.24, 2.45) is 0 Å². The van der Waals surface area contributed by atoms with Crippen molar-refractivity contribution < 1.29 is 5.11 Å². The fourth-order valence-electron chi connectivity index (χ4n) is 1.23. The second-order valence-electron chi connectivity index (χ2n) is 3.04. The first-order valence-corrected chi connectivity index (χ1v) is 5.46. The van der Waals surface area contributed by atoms with Crippen molar-refractivity contribution in [3.63, 3.8) is 0 Å². The van der Waals surface area contributed by atoms with Crippen LogP contribution in [-0.4, -0.2) is 5.11 Å². The Morgan fingerprint density at radius 2 is 1.27 bits per heavy atom. The summed E-state index contributed by atoms with van der Waals surface area (Å²) in [5.74, 6) is 0.326. The van der Waals surface area contributed by atoms with Crippen LogP contribution in [-0.2, 0) is 0 Å². The summed E-state index contributed by atoms with van der Waals surface area (Å²) in [6, 6.07) is 17.7. The topological polar surface area (TPSA) is 20.2 Å². The highest BCUT2D eigenvalue weighted by Crippen LogP contribution is 2.12. The smallest absolute Gasteiger partial charge is 0.115 e. The van der Waals surface area contributed by atoms with Gasteiger partial charge in [0.05, 0.1) is 0 Å². The van der Waals surface area contributed by atoms with Gasteiger partial charge >= 0.3 is 0 Å². The van der Waals surface area contributed by atoms with Crippen LogP contribution in [0.4, 0.5) is 0 Å². The van der Waals surface area contributed by atoms with Crippen LogP contribution in [0.1, 0.15) is 0 Å². The van der Waals surface area contributed by atoms with E-state index in [9.17, 15) is 0 Å². The molecule has 1 N–H and O–H groups in total. The fraction of sp³-hybridized carbons (Fsp3) is 0. The first-order chi connectivity index (χ1) is 6.84. The van der Waals surface area contributed by atoms with E-state index >= 15 is 0 Å². The molecule has 15 heavy (non-hydrogen) atoms. The minimum atomic E-state index is 0. The van der Waals surface area contributed by atoms with Gasteiger partial charge in [-0.15, -0.1) is 17.0 Å². The van der Waals surface area contributed by atoms with E-state index in [1.54, 1.807) is 12.1 Å². The Kier molecular flexibility index (Phi) is 4.80. The van der Waals surface area contributed by atoms with E-state index in [-0.39, 0.29) is 17.0 Å². The Balaban J connectivity index is 0.00000112. The summed E-state index contributed by atoms with van der Waals surface area (Å²) >= 11 is 0. The van der Waals surface area contributed by atoms with Gasteiger partial charge in [0.2, 0.25) is 0 Å². The molecule has 0 aliphatic carbocycles. The Morgan fingerprint density at radius 3 is 1.87 bits per heavy atom. The second kappa shape index (κ2) is 5.89. The molecule has 0 bridgehead atoms. The molecule has 0 spiro atoms. The van der Waals surface area contributed by atoms with E-state index in [4.69, 9.17) is 5.11 Å². The van der Waals surface area contributed by atoms with Crippen LogP contribution in [0.3, 0.4) is 0 Å². The summed E-state index contributed by atoms with van der Waals surface area (Å²) in [4.78, 5) is 0. The van der Waals surface area contributed by atoms with Crippen molar-refractivity contribution in [2.75, 3.05) is 0 Å². The Morgan fingerprint density at radius 1 is 0.733 bits per heavy atom. The van der Waals surface area contributed by atoms with E-state index in [0.717, 1.165) is 0 Å². The molecular weight excluding hydrogens is 271 g/mol. The normalized spacial score (nSPS) is 10.1. The third-order valence-corrected chi connectivity index (χ3v) is 3.17. The monoisotopic (exact) mass is 282 g/mol. The molecule has 0 aromatic heterocycles. The van der Waals surface area contributed by atoms with Crippen molar-refractivity contribution in [3.8, 4) is 5.75 Å². The quantitative estimate of drug-likeness (QED) is 0.840. The molecule has 1 atom stereocenters. The minimum Gasteiger partial charge on any atom is -0.508 e. The summed E-state index contributed by atoms with van der Waals surface area (Å²) in [6.07, 6.45) is 0. The SMILES string of the molecule is Br.Oc1ccc(Pc2ccccc2)cc1.